The molecular formula is C16H22N2O7. The highest BCUT2D eigenvalue weighted by Crippen LogP contribution is 2.39. The summed E-state index contributed by atoms with van der Waals surface area (Å²) in [5, 5.41) is 35.6. The molecule has 1 aromatic rings. The number of anilines is 1. The molecule has 0 spiro atoms. The van der Waals surface area contributed by atoms with Crippen molar-refractivity contribution in [1.29, 1.82) is 0 Å². The molecule has 3 rings (SSSR count). The van der Waals surface area contributed by atoms with Gasteiger partial charge in [-0.05, 0) is 38.1 Å². The fraction of sp³-hybridized carbons (Fsp3) is 0.625. The normalized spacial score (nSPS) is 36.5. The molecule has 0 bridgehead atoms. The Balaban J connectivity index is 1.88. The molecule has 1 heterocycles. The molecule has 3 N–H and O–H groups in total. The lowest BCUT2D eigenvalue weighted by Gasteiger charge is -2.39. The summed E-state index contributed by atoms with van der Waals surface area (Å²) < 4.78 is 16.3. The smallest absolute Gasteiger partial charge is 0.263 e. The molecule has 1 aromatic carbocycles. The first-order chi connectivity index (χ1) is 11.7. The van der Waals surface area contributed by atoms with E-state index in [-0.39, 0.29) is 0 Å². The lowest BCUT2D eigenvalue weighted by Crippen LogP contribution is -2.67. The molecule has 2 fully saturated rings. The van der Waals surface area contributed by atoms with Gasteiger partial charge in [0, 0.05) is 10.6 Å². The van der Waals surface area contributed by atoms with E-state index < -0.39 is 47.2 Å². The highest BCUT2D eigenvalue weighted by atomic mass is 16.8. The quantitative estimate of drug-likeness (QED) is 0.524. The number of hydrogen-bond acceptors (Lipinski definition) is 8. The maximum atomic E-state index is 11.5. The molecule has 1 aliphatic carbocycles. The number of benzene rings is 1. The third-order valence-electron chi connectivity index (χ3n) is 4.59. The van der Waals surface area contributed by atoms with Crippen molar-refractivity contribution >= 4 is 5.69 Å². The van der Waals surface area contributed by atoms with E-state index in [0.717, 1.165) is 0 Å². The highest BCUT2D eigenvalue weighted by molar-refractivity contribution is 5.48. The maximum Gasteiger partial charge on any atom is 0.263 e. The van der Waals surface area contributed by atoms with Crippen LogP contribution in [0.25, 0.3) is 0 Å². The van der Waals surface area contributed by atoms with E-state index in [1.165, 1.54) is 7.11 Å². The average Bonchev–Trinajstić information content (AvgIpc) is 2.89. The first kappa shape index (κ1) is 17.9. The van der Waals surface area contributed by atoms with Gasteiger partial charge in [-0.2, -0.15) is 0 Å². The fourth-order valence-corrected chi connectivity index (χ4v) is 3.46. The lowest BCUT2D eigenvalue weighted by atomic mass is 9.81. The number of aliphatic hydroxyl groups excluding tert-OH is 2. The standard InChI is InChI=1S/C16H22N2O7/c1-16(2)24-14-12(19)10(11(18(21)22)13(20)15(14)25-16)17-8-4-6-9(23-3)7-5-8/h4-7,10-15,17,19-20H,1-3H3/t10-,11-,12-,13+,14+,15-/m1/s1. The van der Waals surface area contributed by atoms with Crippen LogP contribution in [0.2, 0.25) is 0 Å². The number of ether oxygens (including phenoxy) is 3. The average molecular weight is 354 g/mol. The zero-order chi connectivity index (χ0) is 18.4. The molecule has 138 valence electrons. The monoisotopic (exact) mass is 354 g/mol. The van der Waals surface area contributed by atoms with E-state index in [1.807, 2.05) is 0 Å². The molecule has 6 atom stereocenters. The molecule has 9 heteroatoms. The number of nitrogens with zero attached hydrogens (tertiary/aromatic N) is 1. The number of rotatable bonds is 4. The highest BCUT2D eigenvalue weighted by Gasteiger charge is 2.62. The predicted molar refractivity (Wildman–Crippen MR) is 87.0 cm³/mol. The van der Waals surface area contributed by atoms with Gasteiger partial charge in [0.15, 0.2) is 11.9 Å². The van der Waals surface area contributed by atoms with Gasteiger partial charge in [-0.15, -0.1) is 0 Å². The van der Waals surface area contributed by atoms with Crippen LogP contribution >= 0.6 is 0 Å². The van der Waals surface area contributed by atoms with Crippen LogP contribution in [0.4, 0.5) is 5.69 Å². The van der Waals surface area contributed by atoms with Gasteiger partial charge in [0.05, 0.1) is 7.11 Å². The summed E-state index contributed by atoms with van der Waals surface area (Å²) >= 11 is 0. The Kier molecular flexibility index (Phi) is 4.58. The number of hydrogen-bond donors (Lipinski definition) is 3. The molecule has 9 nitrogen and oxygen atoms in total. The van der Waals surface area contributed by atoms with Crippen LogP contribution in [0.3, 0.4) is 0 Å². The van der Waals surface area contributed by atoms with Gasteiger partial charge in [-0.25, -0.2) is 0 Å². The third kappa shape index (κ3) is 3.28. The molecular weight excluding hydrogens is 332 g/mol. The van der Waals surface area contributed by atoms with Crippen molar-refractivity contribution in [2.45, 2.75) is 56.1 Å². The summed E-state index contributed by atoms with van der Waals surface area (Å²) in [7, 11) is 1.53. The van der Waals surface area contributed by atoms with Crippen LogP contribution in [-0.2, 0) is 9.47 Å². The first-order valence-corrected chi connectivity index (χ1v) is 7.99. The second kappa shape index (κ2) is 6.41. The van der Waals surface area contributed by atoms with Crippen LogP contribution < -0.4 is 10.1 Å². The third-order valence-corrected chi connectivity index (χ3v) is 4.59. The Morgan fingerprint density at radius 3 is 2.24 bits per heavy atom. The summed E-state index contributed by atoms with van der Waals surface area (Å²) in [5.74, 6) is -0.400. The Bertz CT molecular complexity index is 636. The van der Waals surface area contributed by atoms with Crippen molar-refractivity contribution < 1.29 is 29.3 Å². The van der Waals surface area contributed by atoms with E-state index in [4.69, 9.17) is 14.2 Å². The molecule has 0 radical (unpaired) electrons. The molecule has 1 aliphatic heterocycles. The maximum absolute atomic E-state index is 11.5. The zero-order valence-corrected chi connectivity index (χ0v) is 14.2. The molecule has 25 heavy (non-hydrogen) atoms. The van der Waals surface area contributed by atoms with Crippen LogP contribution in [-0.4, -0.2) is 64.5 Å². The summed E-state index contributed by atoms with van der Waals surface area (Å²) in [6, 6.07) is 4.24. The van der Waals surface area contributed by atoms with E-state index in [9.17, 15) is 20.3 Å². The van der Waals surface area contributed by atoms with Gasteiger partial charge >= 0.3 is 0 Å². The number of aliphatic hydroxyl groups is 2. The van der Waals surface area contributed by atoms with Gasteiger partial charge in [-0.1, -0.05) is 0 Å². The predicted octanol–water partition coefficient (Wildman–Crippen LogP) is 0.376. The van der Waals surface area contributed by atoms with Gasteiger partial charge in [0.1, 0.15) is 30.1 Å². The van der Waals surface area contributed by atoms with Crippen molar-refractivity contribution in [3.63, 3.8) is 0 Å². The van der Waals surface area contributed by atoms with E-state index in [0.29, 0.717) is 11.4 Å². The Morgan fingerprint density at radius 1 is 1.16 bits per heavy atom. The fourth-order valence-electron chi connectivity index (χ4n) is 3.46. The molecule has 0 amide bonds. The van der Waals surface area contributed by atoms with Crippen LogP contribution in [0.15, 0.2) is 24.3 Å². The van der Waals surface area contributed by atoms with E-state index in [1.54, 1.807) is 38.1 Å². The van der Waals surface area contributed by atoms with Crippen LogP contribution in [0, 0.1) is 10.1 Å². The zero-order valence-electron chi connectivity index (χ0n) is 14.2. The van der Waals surface area contributed by atoms with Crippen molar-refractivity contribution in [3.05, 3.63) is 34.4 Å². The topological polar surface area (TPSA) is 123 Å². The molecule has 1 saturated heterocycles. The second-order valence-corrected chi connectivity index (χ2v) is 6.72. The summed E-state index contributed by atoms with van der Waals surface area (Å²) in [4.78, 5) is 10.9. The van der Waals surface area contributed by atoms with Crippen molar-refractivity contribution in [2.75, 3.05) is 12.4 Å². The number of methoxy groups -OCH3 is 1. The van der Waals surface area contributed by atoms with Crippen molar-refractivity contribution in [2.24, 2.45) is 0 Å². The number of fused-ring (bicyclic) bond motifs is 1. The lowest BCUT2D eigenvalue weighted by molar-refractivity contribution is -0.545. The van der Waals surface area contributed by atoms with Gasteiger partial charge < -0.3 is 29.7 Å². The van der Waals surface area contributed by atoms with E-state index >= 15 is 0 Å². The number of nitro groups is 1. The first-order valence-electron chi connectivity index (χ1n) is 7.99. The number of nitrogens with one attached hydrogen (secondary N) is 1. The summed E-state index contributed by atoms with van der Waals surface area (Å²) in [5.41, 5.74) is 0.556. The Hall–Kier alpha value is -1.94. The minimum absolute atomic E-state index is 0.556. The SMILES string of the molecule is COc1ccc(N[C@H]2[C@@H](O)[C@@H]3OC(C)(C)O[C@@H]3[C@@H](O)[C@@H]2[N+](=O)[O-])cc1. The molecule has 1 saturated carbocycles. The molecule has 0 aromatic heterocycles. The minimum Gasteiger partial charge on any atom is -0.497 e. The van der Waals surface area contributed by atoms with Crippen LogP contribution in [0.5, 0.6) is 5.75 Å². The Labute approximate surface area is 144 Å². The largest absolute Gasteiger partial charge is 0.497 e. The molecule has 0 unspecified atom stereocenters. The van der Waals surface area contributed by atoms with Crippen molar-refractivity contribution in [3.8, 4) is 5.75 Å². The second-order valence-electron chi connectivity index (χ2n) is 6.72. The van der Waals surface area contributed by atoms with Crippen LogP contribution in [0.1, 0.15) is 13.8 Å². The summed E-state index contributed by atoms with van der Waals surface area (Å²) in [6.45, 7) is 3.27. The Morgan fingerprint density at radius 2 is 1.72 bits per heavy atom. The van der Waals surface area contributed by atoms with E-state index in [2.05, 4.69) is 5.32 Å². The van der Waals surface area contributed by atoms with Gasteiger partial charge in [0.2, 0.25) is 0 Å². The van der Waals surface area contributed by atoms with Gasteiger partial charge in [0.25, 0.3) is 6.04 Å². The summed E-state index contributed by atoms with van der Waals surface area (Å²) in [6.07, 6.45) is -4.47. The minimum atomic E-state index is -1.45. The molecule has 2 aliphatic rings. The van der Waals surface area contributed by atoms with Crippen molar-refractivity contribution in [1.82, 2.24) is 0 Å². The van der Waals surface area contributed by atoms with Gasteiger partial charge in [-0.3, -0.25) is 10.1 Å².